The number of nitrogens with zero attached hydrogens (tertiary/aromatic N) is 2. The highest BCUT2D eigenvalue weighted by molar-refractivity contribution is 7.15. The van der Waals surface area contributed by atoms with Gasteiger partial charge in [-0.1, -0.05) is 11.3 Å². The molecule has 0 aliphatic rings. The van der Waals surface area contributed by atoms with Crippen LogP contribution in [0.1, 0.15) is 23.1 Å². The minimum Gasteiger partial charge on any atom is -0.481 e. The Labute approximate surface area is 92.0 Å². The lowest BCUT2D eigenvalue weighted by molar-refractivity contribution is -0.139. The summed E-state index contributed by atoms with van der Waals surface area (Å²) in [6.07, 6.45) is -1.25. The number of hydrogen-bond acceptors (Lipinski definition) is 5. The molecule has 6 heteroatoms. The molecule has 0 aliphatic carbocycles. The van der Waals surface area contributed by atoms with Gasteiger partial charge in [0.05, 0.1) is 17.0 Å². The number of aliphatic hydroxyl groups excluding tert-OH is 1. The van der Waals surface area contributed by atoms with Crippen molar-refractivity contribution in [1.82, 2.24) is 4.98 Å². The lowest BCUT2D eigenvalue weighted by Crippen LogP contribution is -2.07. The highest BCUT2D eigenvalue weighted by Gasteiger charge is 2.19. The van der Waals surface area contributed by atoms with E-state index >= 15 is 0 Å². The van der Waals surface area contributed by atoms with Crippen molar-refractivity contribution in [3.05, 3.63) is 10.6 Å². The maximum atomic E-state index is 10.4. The first-order valence-corrected chi connectivity index (χ1v) is 5.28. The number of thiazole rings is 1. The van der Waals surface area contributed by atoms with Crippen LogP contribution in [-0.2, 0) is 4.79 Å². The molecule has 0 aliphatic heterocycles. The number of carboxylic acids is 1. The SMILES string of the molecule is Cc1nc(N(C)C)sc1[C@H](O)CC(=O)O. The predicted octanol–water partition coefficient (Wildman–Crippen LogP) is 1.03. The summed E-state index contributed by atoms with van der Waals surface area (Å²) >= 11 is 1.32. The summed E-state index contributed by atoms with van der Waals surface area (Å²) in [7, 11) is 3.71. The molecule has 0 bridgehead atoms. The molecule has 0 aromatic carbocycles. The van der Waals surface area contributed by atoms with Gasteiger partial charge in [-0.05, 0) is 6.92 Å². The molecule has 84 valence electrons. The van der Waals surface area contributed by atoms with Crippen LogP contribution >= 0.6 is 11.3 Å². The third kappa shape index (κ3) is 2.90. The number of rotatable bonds is 4. The molecule has 0 spiro atoms. The van der Waals surface area contributed by atoms with Crippen molar-refractivity contribution >= 4 is 22.4 Å². The second kappa shape index (κ2) is 4.59. The van der Waals surface area contributed by atoms with Crippen LogP contribution in [0.15, 0.2) is 0 Å². The Bertz CT molecular complexity index is 362. The van der Waals surface area contributed by atoms with Crippen molar-refractivity contribution < 1.29 is 15.0 Å². The first-order valence-electron chi connectivity index (χ1n) is 4.46. The summed E-state index contributed by atoms with van der Waals surface area (Å²) in [6.45, 7) is 1.77. The van der Waals surface area contributed by atoms with Crippen LogP contribution in [0.4, 0.5) is 5.13 Å². The van der Waals surface area contributed by atoms with E-state index in [1.165, 1.54) is 11.3 Å². The fourth-order valence-corrected chi connectivity index (χ4v) is 2.13. The summed E-state index contributed by atoms with van der Waals surface area (Å²) in [4.78, 5) is 17.1. The molecule has 5 nitrogen and oxygen atoms in total. The molecule has 1 atom stereocenters. The van der Waals surface area contributed by atoms with Gasteiger partial charge >= 0.3 is 5.97 Å². The van der Waals surface area contributed by atoms with Gasteiger partial charge < -0.3 is 15.1 Å². The van der Waals surface area contributed by atoms with Crippen molar-refractivity contribution in [1.29, 1.82) is 0 Å². The van der Waals surface area contributed by atoms with Crippen LogP contribution in [0.25, 0.3) is 0 Å². The Morgan fingerprint density at radius 3 is 2.60 bits per heavy atom. The number of hydrogen-bond donors (Lipinski definition) is 2. The Kier molecular flexibility index (Phi) is 3.65. The zero-order valence-corrected chi connectivity index (χ0v) is 9.71. The number of carboxylic acid groups (broad SMARTS) is 1. The van der Waals surface area contributed by atoms with Crippen LogP contribution < -0.4 is 4.90 Å². The molecule has 1 rings (SSSR count). The smallest absolute Gasteiger partial charge is 0.306 e. The normalized spacial score (nSPS) is 12.5. The molecule has 15 heavy (non-hydrogen) atoms. The average molecular weight is 230 g/mol. The number of aliphatic hydroxyl groups is 1. The van der Waals surface area contributed by atoms with E-state index in [1.54, 1.807) is 6.92 Å². The van der Waals surface area contributed by atoms with E-state index in [-0.39, 0.29) is 6.42 Å². The standard InChI is InChI=1S/C9H14N2O3S/c1-5-8(6(12)4-7(13)14)15-9(10-5)11(2)3/h6,12H,4H2,1-3H3,(H,13,14)/t6-/m1/s1. The number of aliphatic carboxylic acids is 1. The average Bonchev–Trinajstić information content (AvgIpc) is 2.46. The van der Waals surface area contributed by atoms with E-state index in [2.05, 4.69) is 4.98 Å². The van der Waals surface area contributed by atoms with E-state index in [4.69, 9.17) is 5.11 Å². The first-order chi connectivity index (χ1) is 6.91. The fraction of sp³-hybridized carbons (Fsp3) is 0.556. The van der Waals surface area contributed by atoms with E-state index in [9.17, 15) is 9.90 Å². The fourth-order valence-electron chi connectivity index (χ4n) is 1.15. The van der Waals surface area contributed by atoms with E-state index in [0.717, 1.165) is 5.13 Å². The van der Waals surface area contributed by atoms with E-state index < -0.39 is 12.1 Å². The van der Waals surface area contributed by atoms with Crippen LogP contribution in [0, 0.1) is 6.92 Å². The molecule has 0 amide bonds. The lowest BCUT2D eigenvalue weighted by Gasteiger charge is -2.06. The molecule has 0 saturated carbocycles. The van der Waals surface area contributed by atoms with Crippen LogP contribution in [0.2, 0.25) is 0 Å². The topological polar surface area (TPSA) is 73.7 Å². The van der Waals surface area contributed by atoms with Gasteiger partial charge in [0.2, 0.25) is 0 Å². The molecular weight excluding hydrogens is 216 g/mol. The quantitative estimate of drug-likeness (QED) is 0.808. The Morgan fingerprint density at radius 2 is 2.20 bits per heavy atom. The molecule has 0 fully saturated rings. The van der Waals surface area contributed by atoms with Crippen LogP contribution in [0.5, 0.6) is 0 Å². The monoisotopic (exact) mass is 230 g/mol. The molecule has 1 aromatic rings. The number of aromatic nitrogens is 1. The number of carbonyl (C=O) groups is 1. The minimum atomic E-state index is -1.01. The van der Waals surface area contributed by atoms with Gasteiger partial charge in [0.1, 0.15) is 6.10 Å². The van der Waals surface area contributed by atoms with Crippen LogP contribution in [-0.4, -0.2) is 35.3 Å². The van der Waals surface area contributed by atoms with Crippen molar-refractivity contribution in [2.75, 3.05) is 19.0 Å². The zero-order valence-electron chi connectivity index (χ0n) is 8.89. The van der Waals surface area contributed by atoms with Gasteiger partial charge in [-0.3, -0.25) is 4.79 Å². The molecule has 1 heterocycles. The summed E-state index contributed by atoms with van der Waals surface area (Å²) in [5.41, 5.74) is 0.692. The molecule has 0 saturated heterocycles. The maximum absolute atomic E-state index is 10.4. The molecule has 2 N–H and O–H groups in total. The number of anilines is 1. The van der Waals surface area contributed by atoms with Crippen molar-refractivity contribution in [3.63, 3.8) is 0 Å². The van der Waals surface area contributed by atoms with Crippen molar-refractivity contribution in [2.24, 2.45) is 0 Å². The molecule has 0 unspecified atom stereocenters. The Morgan fingerprint density at radius 1 is 1.60 bits per heavy atom. The molecule has 0 radical (unpaired) electrons. The summed E-state index contributed by atoms with van der Waals surface area (Å²) in [5.74, 6) is -1.01. The second-order valence-corrected chi connectivity index (χ2v) is 4.46. The largest absolute Gasteiger partial charge is 0.481 e. The molecular formula is C9H14N2O3S. The van der Waals surface area contributed by atoms with E-state index in [1.807, 2.05) is 19.0 Å². The highest BCUT2D eigenvalue weighted by Crippen LogP contribution is 2.31. The highest BCUT2D eigenvalue weighted by atomic mass is 32.1. The zero-order chi connectivity index (χ0) is 11.6. The number of aryl methyl sites for hydroxylation is 1. The summed E-state index contributed by atoms with van der Waals surface area (Å²) in [5, 5.41) is 19.0. The Hall–Kier alpha value is -1.14. The van der Waals surface area contributed by atoms with Gasteiger partial charge in [-0.25, -0.2) is 4.98 Å². The van der Waals surface area contributed by atoms with Gasteiger partial charge in [0.15, 0.2) is 5.13 Å². The lowest BCUT2D eigenvalue weighted by atomic mass is 10.2. The second-order valence-electron chi connectivity index (χ2n) is 3.45. The third-order valence-electron chi connectivity index (χ3n) is 1.87. The van der Waals surface area contributed by atoms with E-state index in [0.29, 0.717) is 10.6 Å². The maximum Gasteiger partial charge on any atom is 0.306 e. The van der Waals surface area contributed by atoms with Gasteiger partial charge in [-0.15, -0.1) is 0 Å². The van der Waals surface area contributed by atoms with Crippen molar-refractivity contribution in [3.8, 4) is 0 Å². The van der Waals surface area contributed by atoms with Crippen molar-refractivity contribution in [2.45, 2.75) is 19.4 Å². The predicted molar refractivity (Wildman–Crippen MR) is 58.4 cm³/mol. The minimum absolute atomic E-state index is 0.282. The van der Waals surface area contributed by atoms with Gasteiger partial charge in [0, 0.05) is 14.1 Å². The summed E-state index contributed by atoms with van der Waals surface area (Å²) in [6, 6.07) is 0. The van der Waals surface area contributed by atoms with Gasteiger partial charge in [-0.2, -0.15) is 0 Å². The van der Waals surface area contributed by atoms with Gasteiger partial charge in [0.25, 0.3) is 0 Å². The van der Waals surface area contributed by atoms with Crippen LogP contribution in [0.3, 0.4) is 0 Å². The molecule has 1 aromatic heterocycles. The summed E-state index contributed by atoms with van der Waals surface area (Å²) < 4.78 is 0. The Balaban J connectivity index is 2.89. The first kappa shape index (κ1) is 11.9. The third-order valence-corrected chi connectivity index (χ3v) is 3.30.